The van der Waals surface area contributed by atoms with E-state index in [2.05, 4.69) is 26.3 Å². The van der Waals surface area contributed by atoms with Crippen molar-refractivity contribution < 1.29 is 5.11 Å². The number of nitrogens with one attached hydrogen (secondary N) is 1. The topological polar surface area (TPSA) is 50.1 Å². The Labute approximate surface area is 115 Å². The van der Waals surface area contributed by atoms with Crippen LogP contribution in [-0.4, -0.2) is 39.0 Å². The second-order valence-electron chi connectivity index (χ2n) is 4.50. The number of hydrogen-bond acceptors (Lipinski definition) is 4. The van der Waals surface area contributed by atoms with Crippen LogP contribution in [0.1, 0.15) is 18.3 Å². The third kappa shape index (κ3) is 4.28. The highest BCUT2D eigenvalue weighted by molar-refractivity contribution is 9.10. The van der Waals surface area contributed by atoms with Crippen LogP contribution in [0.15, 0.2) is 4.47 Å². The van der Waals surface area contributed by atoms with Crippen LogP contribution < -0.4 is 5.32 Å². The minimum atomic E-state index is -0.667. The molecule has 98 valence electrons. The van der Waals surface area contributed by atoms with Crippen molar-refractivity contribution in [3.63, 3.8) is 0 Å². The largest absolute Gasteiger partial charge is 0.388 e. The van der Waals surface area contributed by atoms with E-state index >= 15 is 0 Å². The summed E-state index contributed by atoms with van der Waals surface area (Å²) in [7, 11) is 1.93. The minimum Gasteiger partial charge on any atom is -0.388 e. The third-order valence-corrected chi connectivity index (χ3v) is 4.46. The maximum absolute atomic E-state index is 10.0. The van der Waals surface area contributed by atoms with E-state index in [0.29, 0.717) is 13.1 Å². The van der Waals surface area contributed by atoms with Gasteiger partial charge >= 0.3 is 0 Å². The highest BCUT2D eigenvalue weighted by Crippen LogP contribution is 2.20. The molecular formula is C11H20BrN3OS. The number of thioether (sulfide) groups is 1. The van der Waals surface area contributed by atoms with Crippen molar-refractivity contribution in [1.29, 1.82) is 0 Å². The lowest BCUT2D eigenvalue weighted by Crippen LogP contribution is -2.39. The van der Waals surface area contributed by atoms with Crippen LogP contribution in [0.25, 0.3) is 0 Å². The molecule has 1 aromatic rings. The molecule has 0 aromatic carbocycles. The van der Waals surface area contributed by atoms with E-state index in [1.165, 1.54) is 0 Å². The summed E-state index contributed by atoms with van der Waals surface area (Å²) < 4.78 is 2.90. The molecule has 17 heavy (non-hydrogen) atoms. The zero-order valence-corrected chi connectivity index (χ0v) is 13.2. The normalized spacial score (nSPS) is 14.9. The molecule has 0 saturated heterocycles. The third-order valence-electron chi connectivity index (χ3n) is 2.52. The Kier molecular flexibility index (Phi) is 5.50. The van der Waals surface area contributed by atoms with E-state index < -0.39 is 5.60 Å². The van der Waals surface area contributed by atoms with Gasteiger partial charge in [0.1, 0.15) is 0 Å². The highest BCUT2D eigenvalue weighted by atomic mass is 79.9. The number of hydrogen-bond donors (Lipinski definition) is 2. The van der Waals surface area contributed by atoms with Gasteiger partial charge in [-0.3, -0.25) is 4.68 Å². The van der Waals surface area contributed by atoms with E-state index in [1.807, 2.05) is 31.8 Å². The molecule has 0 saturated carbocycles. The van der Waals surface area contributed by atoms with Crippen LogP contribution in [0.5, 0.6) is 0 Å². The predicted molar refractivity (Wildman–Crippen MR) is 76.4 cm³/mol. The number of aliphatic hydroxyl groups is 1. The molecule has 1 atom stereocenters. The van der Waals surface area contributed by atoms with Crippen molar-refractivity contribution in [2.75, 3.05) is 18.6 Å². The maximum Gasteiger partial charge on any atom is 0.0833 e. The molecule has 0 amide bonds. The molecule has 0 fully saturated rings. The Morgan fingerprint density at radius 3 is 2.71 bits per heavy atom. The Hall–Kier alpha value is -0.0400. The van der Waals surface area contributed by atoms with Crippen LogP contribution in [-0.2, 0) is 13.6 Å². The van der Waals surface area contributed by atoms with Crippen molar-refractivity contribution in [3.8, 4) is 0 Å². The summed E-state index contributed by atoms with van der Waals surface area (Å²) in [4.78, 5) is 0. The molecule has 6 heteroatoms. The zero-order valence-electron chi connectivity index (χ0n) is 10.7. The summed E-state index contributed by atoms with van der Waals surface area (Å²) in [5.74, 6) is 0.728. The molecule has 2 N–H and O–H groups in total. The number of nitrogens with zero attached hydrogens (tertiary/aromatic N) is 2. The van der Waals surface area contributed by atoms with Gasteiger partial charge in [-0.2, -0.15) is 16.9 Å². The average Bonchev–Trinajstić information content (AvgIpc) is 2.44. The highest BCUT2D eigenvalue weighted by Gasteiger charge is 2.19. The molecule has 1 unspecified atom stereocenters. The smallest absolute Gasteiger partial charge is 0.0833 e. The van der Waals surface area contributed by atoms with Gasteiger partial charge in [-0.05, 0) is 36.0 Å². The second-order valence-corrected chi connectivity index (χ2v) is 6.16. The fourth-order valence-electron chi connectivity index (χ4n) is 1.68. The first-order valence-corrected chi connectivity index (χ1v) is 7.66. The van der Waals surface area contributed by atoms with E-state index in [1.54, 1.807) is 11.8 Å². The lowest BCUT2D eigenvalue weighted by Gasteiger charge is -2.22. The van der Waals surface area contributed by atoms with Crippen molar-refractivity contribution in [2.45, 2.75) is 26.0 Å². The van der Waals surface area contributed by atoms with Gasteiger partial charge in [-0.1, -0.05) is 0 Å². The summed E-state index contributed by atoms with van der Waals surface area (Å²) in [6.45, 7) is 5.09. The number of aromatic nitrogens is 2. The van der Waals surface area contributed by atoms with Gasteiger partial charge in [0.2, 0.25) is 0 Å². The summed E-state index contributed by atoms with van der Waals surface area (Å²) >= 11 is 5.17. The molecule has 0 aliphatic rings. The molecule has 4 nitrogen and oxygen atoms in total. The molecule has 1 heterocycles. The first kappa shape index (κ1) is 15.0. The summed E-state index contributed by atoms with van der Waals surface area (Å²) in [6, 6.07) is 0. The number of aryl methyl sites for hydroxylation is 2. The van der Waals surface area contributed by atoms with E-state index in [4.69, 9.17) is 0 Å². The quantitative estimate of drug-likeness (QED) is 0.837. The van der Waals surface area contributed by atoms with Gasteiger partial charge in [0.05, 0.1) is 21.5 Å². The van der Waals surface area contributed by atoms with E-state index in [9.17, 15) is 5.11 Å². The SMILES string of the molecule is CSCC(C)(O)CNCc1c(Br)c(C)nn1C. The lowest BCUT2D eigenvalue weighted by atomic mass is 10.1. The average molecular weight is 322 g/mol. The standard InChI is InChI=1S/C11H20BrN3OS/c1-8-10(12)9(15(3)14-8)5-13-6-11(2,16)7-17-4/h13,16H,5-7H2,1-4H3. The van der Waals surface area contributed by atoms with Crippen molar-refractivity contribution in [1.82, 2.24) is 15.1 Å². The van der Waals surface area contributed by atoms with Gasteiger partial charge in [0.15, 0.2) is 0 Å². The monoisotopic (exact) mass is 321 g/mol. The fourth-order valence-corrected chi connectivity index (χ4v) is 2.88. The Bertz CT molecular complexity index is 379. The molecule has 0 spiro atoms. The number of rotatable bonds is 6. The number of halogens is 1. The van der Waals surface area contributed by atoms with Gasteiger partial charge in [0, 0.05) is 25.9 Å². The van der Waals surface area contributed by atoms with Gasteiger partial charge in [-0.25, -0.2) is 0 Å². The predicted octanol–water partition coefficient (Wildman–Crippen LogP) is 1.69. The van der Waals surface area contributed by atoms with Crippen LogP contribution in [0, 0.1) is 6.92 Å². The van der Waals surface area contributed by atoms with Gasteiger partial charge in [-0.15, -0.1) is 0 Å². The van der Waals surface area contributed by atoms with Crippen molar-refractivity contribution >= 4 is 27.7 Å². The van der Waals surface area contributed by atoms with E-state index in [-0.39, 0.29) is 0 Å². The van der Waals surface area contributed by atoms with Crippen molar-refractivity contribution in [3.05, 3.63) is 15.9 Å². The first-order chi connectivity index (χ1) is 7.87. The lowest BCUT2D eigenvalue weighted by molar-refractivity contribution is 0.0844. The van der Waals surface area contributed by atoms with Crippen molar-refractivity contribution in [2.24, 2.45) is 7.05 Å². The maximum atomic E-state index is 10.0. The molecule has 0 aliphatic carbocycles. The summed E-state index contributed by atoms with van der Waals surface area (Å²) in [5, 5.41) is 17.6. The molecule has 0 aliphatic heterocycles. The minimum absolute atomic E-state index is 0.574. The molecule has 1 aromatic heterocycles. The van der Waals surface area contributed by atoms with E-state index in [0.717, 1.165) is 21.6 Å². The van der Waals surface area contributed by atoms with Crippen LogP contribution in [0.3, 0.4) is 0 Å². The molecular weight excluding hydrogens is 302 g/mol. The Balaban J connectivity index is 2.51. The zero-order chi connectivity index (χ0) is 13.1. The summed E-state index contributed by atoms with van der Waals surface area (Å²) in [6.07, 6.45) is 2.00. The molecule has 0 bridgehead atoms. The Morgan fingerprint density at radius 1 is 1.59 bits per heavy atom. The van der Waals surface area contributed by atoms with Gasteiger partial charge < -0.3 is 10.4 Å². The second kappa shape index (κ2) is 6.22. The van der Waals surface area contributed by atoms with Crippen LogP contribution in [0.4, 0.5) is 0 Å². The first-order valence-electron chi connectivity index (χ1n) is 5.47. The fraction of sp³-hybridized carbons (Fsp3) is 0.727. The van der Waals surface area contributed by atoms with Crippen LogP contribution in [0.2, 0.25) is 0 Å². The van der Waals surface area contributed by atoms with Gasteiger partial charge in [0.25, 0.3) is 0 Å². The van der Waals surface area contributed by atoms with Crippen LogP contribution >= 0.6 is 27.7 Å². The molecule has 1 rings (SSSR count). The molecule has 0 radical (unpaired) electrons. The Morgan fingerprint density at radius 2 is 2.24 bits per heavy atom. The summed E-state index contributed by atoms with van der Waals surface area (Å²) in [5.41, 5.74) is 1.42.